The third kappa shape index (κ3) is 5.20. The summed E-state index contributed by atoms with van der Waals surface area (Å²) < 4.78 is 22.3. The summed E-state index contributed by atoms with van der Waals surface area (Å²) in [5.74, 6) is -0.769. The molecule has 0 aliphatic carbocycles. The van der Waals surface area contributed by atoms with E-state index in [1.165, 1.54) is 7.11 Å². The van der Waals surface area contributed by atoms with Crippen LogP contribution in [-0.4, -0.2) is 109 Å². The van der Waals surface area contributed by atoms with Crippen molar-refractivity contribution in [1.82, 2.24) is 0 Å². The summed E-state index contributed by atoms with van der Waals surface area (Å²) >= 11 is 0. The second kappa shape index (κ2) is 11.1. The second-order valence-corrected chi connectivity index (χ2v) is 7.66. The average Bonchev–Trinajstić information content (AvgIpc) is 2.70. The summed E-state index contributed by atoms with van der Waals surface area (Å²) in [6.07, 6.45) is -3.37. The van der Waals surface area contributed by atoms with E-state index in [0.29, 0.717) is 6.42 Å². The molecule has 28 heavy (non-hydrogen) atoms. The lowest BCUT2D eigenvalue weighted by molar-refractivity contribution is -0.199. The van der Waals surface area contributed by atoms with Gasteiger partial charge in [0.2, 0.25) is 0 Å². The highest BCUT2D eigenvalue weighted by molar-refractivity contribution is 4.96. The highest BCUT2D eigenvalue weighted by atomic mass is 16.6. The Balaban J connectivity index is 1.92. The zero-order valence-electron chi connectivity index (χ0n) is 16.6. The van der Waals surface area contributed by atoms with Crippen molar-refractivity contribution < 1.29 is 39.4 Å². The monoisotopic (exact) mass is 408 g/mol. The molecule has 8 N–H and O–H groups in total. The van der Waals surface area contributed by atoms with Crippen molar-refractivity contribution in [2.45, 2.75) is 62.1 Å². The quantitative estimate of drug-likeness (QED) is 0.234. The molecule has 10 heteroatoms. The standard InChI is InChI=1S/C18H36N2O8/c1-3-9-11(4-21)27-14(16(20)17(9)23)8-26-6-10-12(5-22)28-13(7-25-2)15(19)18(10)24/h9-18,21-24H,3-8,19-20H2,1-2H3/t9-,10-,11?,12+,13+,14+,15?,16?,17-,18?/m1/s1. The van der Waals surface area contributed by atoms with Crippen molar-refractivity contribution in [3.05, 3.63) is 0 Å². The van der Waals surface area contributed by atoms with Gasteiger partial charge in [-0.1, -0.05) is 6.92 Å². The molecule has 0 saturated carbocycles. The van der Waals surface area contributed by atoms with E-state index in [9.17, 15) is 20.4 Å². The summed E-state index contributed by atoms with van der Waals surface area (Å²) in [6.45, 7) is 1.76. The van der Waals surface area contributed by atoms with E-state index >= 15 is 0 Å². The van der Waals surface area contributed by atoms with Gasteiger partial charge in [0.1, 0.15) is 0 Å². The van der Waals surface area contributed by atoms with Gasteiger partial charge in [0.15, 0.2) is 0 Å². The van der Waals surface area contributed by atoms with Crippen LogP contribution in [0.2, 0.25) is 0 Å². The van der Waals surface area contributed by atoms with Gasteiger partial charge < -0.3 is 50.8 Å². The number of hydrogen-bond acceptors (Lipinski definition) is 10. The molecule has 2 saturated heterocycles. The van der Waals surface area contributed by atoms with Gasteiger partial charge in [0.05, 0.1) is 81.7 Å². The molecule has 0 radical (unpaired) electrons. The molecule has 2 fully saturated rings. The average molecular weight is 408 g/mol. The zero-order valence-corrected chi connectivity index (χ0v) is 16.6. The molecule has 0 spiro atoms. The van der Waals surface area contributed by atoms with Crippen molar-refractivity contribution in [2.24, 2.45) is 23.3 Å². The van der Waals surface area contributed by atoms with Crippen LogP contribution in [0.15, 0.2) is 0 Å². The zero-order chi connectivity index (χ0) is 20.8. The van der Waals surface area contributed by atoms with Gasteiger partial charge in [-0.05, 0) is 6.42 Å². The van der Waals surface area contributed by atoms with Crippen LogP contribution in [0, 0.1) is 11.8 Å². The number of methoxy groups -OCH3 is 1. The maximum absolute atomic E-state index is 10.5. The first-order valence-electron chi connectivity index (χ1n) is 9.86. The molecule has 10 nitrogen and oxygen atoms in total. The molecule has 2 rings (SSSR count). The molecule has 2 aliphatic rings. The van der Waals surface area contributed by atoms with Crippen LogP contribution in [-0.2, 0) is 18.9 Å². The summed E-state index contributed by atoms with van der Waals surface area (Å²) in [7, 11) is 1.51. The maximum Gasteiger partial charge on any atom is 0.0989 e. The van der Waals surface area contributed by atoms with E-state index in [4.69, 9.17) is 30.4 Å². The molecule has 0 aromatic rings. The van der Waals surface area contributed by atoms with Gasteiger partial charge in [-0.15, -0.1) is 0 Å². The topological polar surface area (TPSA) is 170 Å². The first kappa shape index (κ1) is 23.9. The summed E-state index contributed by atoms with van der Waals surface area (Å²) in [4.78, 5) is 0. The fourth-order valence-corrected chi connectivity index (χ4v) is 4.14. The largest absolute Gasteiger partial charge is 0.394 e. The summed E-state index contributed by atoms with van der Waals surface area (Å²) in [5.41, 5.74) is 12.1. The Morgan fingerprint density at radius 2 is 1.29 bits per heavy atom. The van der Waals surface area contributed by atoms with Crippen LogP contribution in [0.4, 0.5) is 0 Å². The van der Waals surface area contributed by atoms with Crippen LogP contribution >= 0.6 is 0 Å². The van der Waals surface area contributed by atoms with Crippen LogP contribution in [0.5, 0.6) is 0 Å². The Morgan fingerprint density at radius 1 is 0.786 bits per heavy atom. The normalized spacial score (nSPS) is 44.6. The molecule has 4 unspecified atom stereocenters. The van der Waals surface area contributed by atoms with Crippen molar-refractivity contribution in [3.63, 3.8) is 0 Å². The van der Waals surface area contributed by atoms with E-state index in [0.717, 1.165) is 0 Å². The Hall–Kier alpha value is -0.400. The first-order valence-corrected chi connectivity index (χ1v) is 9.86. The predicted octanol–water partition coefficient (Wildman–Crippen LogP) is -2.81. The minimum absolute atomic E-state index is 0.0727. The van der Waals surface area contributed by atoms with E-state index in [1.807, 2.05) is 6.92 Å². The van der Waals surface area contributed by atoms with E-state index in [-0.39, 0.29) is 39.0 Å². The van der Waals surface area contributed by atoms with Crippen LogP contribution in [0.25, 0.3) is 0 Å². The number of aliphatic hydroxyl groups excluding tert-OH is 4. The minimum atomic E-state index is -0.938. The van der Waals surface area contributed by atoms with Gasteiger partial charge in [-0.3, -0.25) is 0 Å². The lowest BCUT2D eigenvalue weighted by Crippen LogP contribution is -2.62. The van der Waals surface area contributed by atoms with Gasteiger partial charge in [0, 0.05) is 18.9 Å². The SMILES string of the molecule is CC[C@@H]1C(CO)O[C@@H](COC[C@H]2C(O)C(N)[C@H](COC)O[C@H]2CO)C(N)[C@@H]1O. The molecule has 2 aliphatic heterocycles. The third-order valence-corrected chi connectivity index (χ3v) is 5.93. The molecular weight excluding hydrogens is 372 g/mol. The molecule has 0 aromatic heterocycles. The molecule has 10 atom stereocenters. The van der Waals surface area contributed by atoms with Crippen LogP contribution in [0.3, 0.4) is 0 Å². The Labute approximate surface area is 165 Å². The lowest BCUT2D eigenvalue weighted by atomic mass is 9.84. The van der Waals surface area contributed by atoms with Gasteiger partial charge in [-0.25, -0.2) is 0 Å². The number of ether oxygens (including phenoxy) is 4. The molecule has 0 aromatic carbocycles. The van der Waals surface area contributed by atoms with Crippen molar-refractivity contribution in [2.75, 3.05) is 40.1 Å². The van der Waals surface area contributed by atoms with E-state index in [2.05, 4.69) is 0 Å². The fourth-order valence-electron chi connectivity index (χ4n) is 4.14. The molecule has 2 heterocycles. The highest BCUT2D eigenvalue weighted by Crippen LogP contribution is 2.29. The molecule has 166 valence electrons. The number of hydrogen-bond donors (Lipinski definition) is 6. The van der Waals surface area contributed by atoms with Crippen LogP contribution in [0.1, 0.15) is 13.3 Å². The molecule has 0 bridgehead atoms. The van der Waals surface area contributed by atoms with Crippen LogP contribution < -0.4 is 11.5 Å². The van der Waals surface area contributed by atoms with Crippen molar-refractivity contribution in [1.29, 1.82) is 0 Å². The number of rotatable bonds is 9. The summed E-state index contributed by atoms with van der Waals surface area (Å²) in [6, 6.07) is -1.32. The van der Waals surface area contributed by atoms with E-state index < -0.39 is 54.6 Å². The Kier molecular flexibility index (Phi) is 9.48. The molecule has 0 amide bonds. The minimum Gasteiger partial charge on any atom is -0.394 e. The second-order valence-electron chi connectivity index (χ2n) is 7.66. The van der Waals surface area contributed by atoms with Gasteiger partial charge in [-0.2, -0.15) is 0 Å². The third-order valence-electron chi connectivity index (χ3n) is 5.93. The Morgan fingerprint density at radius 3 is 1.79 bits per heavy atom. The summed E-state index contributed by atoms with van der Waals surface area (Å²) in [5, 5.41) is 40.1. The van der Waals surface area contributed by atoms with Gasteiger partial charge in [0.25, 0.3) is 0 Å². The predicted molar refractivity (Wildman–Crippen MR) is 99.4 cm³/mol. The highest BCUT2D eigenvalue weighted by Gasteiger charge is 2.45. The van der Waals surface area contributed by atoms with Gasteiger partial charge >= 0.3 is 0 Å². The number of nitrogens with two attached hydrogens (primary N) is 2. The fraction of sp³-hybridized carbons (Fsp3) is 1.00. The van der Waals surface area contributed by atoms with Crippen molar-refractivity contribution in [3.8, 4) is 0 Å². The Bertz CT molecular complexity index is 455. The van der Waals surface area contributed by atoms with Crippen molar-refractivity contribution >= 4 is 0 Å². The number of aliphatic hydroxyl groups is 4. The molecular formula is C18H36N2O8. The maximum atomic E-state index is 10.5. The smallest absolute Gasteiger partial charge is 0.0989 e. The van der Waals surface area contributed by atoms with E-state index in [1.54, 1.807) is 0 Å². The first-order chi connectivity index (χ1) is 13.4. The lowest BCUT2D eigenvalue weighted by Gasteiger charge is -2.44.